The van der Waals surface area contributed by atoms with Gasteiger partial charge in [0.05, 0.1) is 6.10 Å². The van der Waals surface area contributed by atoms with Gasteiger partial charge in [-0.05, 0) is 25.4 Å². The van der Waals surface area contributed by atoms with E-state index in [0.29, 0.717) is 18.9 Å². The number of hydrogen-bond donors (Lipinski definition) is 3. The van der Waals surface area contributed by atoms with E-state index < -0.39 is 0 Å². The van der Waals surface area contributed by atoms with Crippen molar-refractivity contribution in [1.82, 2.24) is 10.6 Å². The van der Waals surface area contributed by atoms with Crippen LogP contribution >= 0.6 is 0 Å². The fraction of sp³-hybridized carbons (Fsp3) is 0.900. The molecule has 14 heavy (non-hydrogen) atoms. The van der Waals surface area contributed by atoms with E-state index in [-0.39, 0.29) is 12.0 Å². The van der Waals surface area contributed by atoms with Gasteiger partial charge in [0.1, 0.15) is 0 Å². The van der Waals surface area contributed by atoms with Crippen LogP contribution in [0.3, 0.4) is 0 Å². The minimum absolute atomic E-state index is 0.0617. The van der Waals surface area contributed by atoms with E-state index in [1.165, 1.54) is 0 Å². The van der Waals surface area contributed by atoms with Crippen LogP contribution in [0.1, 0.15) is 26.2 Å². The first kappa shape index (κ1) is 11.5. The lowest BCUT2D eigenvalue weighted by Crippen LogP contribution is -2.45. The summed E-state index contributed by atoms with van der Waals surface area (Å²) in [6.45, 7) is 4.31. The Bertz CT molecular complexity index is 181. The highest BCUT2D eigenvalue weighted by Gasteiger charge is 2.19. The second-order valence-corrected chi connectivity index (χ2v) is 3.97. The van der Waals surface area contributed by atoms with Gasteiger partial charge in [-0.25, -0.2) is 0 Å². The van der Waals surface area contributed by atoms with Gasteiger partial charge >= 0.3 is 0 Å². The van der Waals surface area contributed by atoms with Crippen LogP contribution in [-0.4, -0.2) is 36.8 Å². The summed E-state index contributed by atoms with van der Waals surface area (Å²) in [5, 5.41) is 15.2. The van der Waals surface area contributed by atoms with Crippen molar-refractivity contribution >= 4 is 5.91 Å². The predicted octanol–water partition coefficient (Wildman–Crippen LogP) is -0.127. The van der Waals surface area contributed by atoms with Crippen LogP contribution < -0.4 is 10.6 Å². The Labute approximate surface area is 85.1 Å². The van der Waals surface area contributed by atoms with Gasteiger partial charge in [-0.2, -0.15) is 0 Å². The third kappa shape index (κ3) is 4.07. The van der Waals surface area contributed by atoms with Crippen LogP contribution in [0.2, 0.25) is 0 Å². The normalized spacial score (nSPS) is 18.7. The summed E-state index contributed by atoms with van der Waals surface area (Å²) in [6.07, 6.45) is 1.91. The Morgan fingerprint density at radius 2 is 2.36 bits per heavy atom. The molecule has 1 aliphatic heterocycles. The number of carbonyl (C=O) groups excluding carboxylic acids is 1. The zero-order valence-corrected chi connectivity index (χ0v) is 8.75. The molecule has 0 bridgehead atoms. The highest BCUT2D eigenvalue weighted by molar-refractivity contribution is 5.76. The Morgan fingerprint density at radius 1 is 1.64 bits per heavy atom. The van der Waals surface area contributed by atoms with Crippen molar-refractivity contribution in [2.24, 2.45) is 5.92 Å². The molecule has 3 N–H and O–H groups in total. The first-order chi connectivity index (χ1) is 6.72. The first-order valence-corrected chi connectivity index (χ1v) is 5.37. The number of nitrogens with one attached hydrogen (secondary N) is 2. The van der Waals surface area contributed by atoms with Crippen LogP contribution in [0.15, 0.2) is 0 Å². The second-order valence-electron chi connectivity index (χ2n) is 3.97. The summed E-state index contributed by atoms with van der Waals surface area (Å²) in [4.78, 5) is 11.3. The maximum absolute atomic E-state index is 11.3. The molecule has 4 heteroatoms. The lowest BCUT2D eigenvalue weighted by Gasteiger charge is -2.26. The van der Waals surface area contributed by atoms with Gasteiger partial charge in [0.25, 0.3) is 0 Å². The molecule has 0 aromatic rings. The summed E-state index contributed by atoms with van der Waals surface area (Å²) in [5.74, 6) is 0.560. The van der Waals surface area contributed by atoms with Crippen molar-refractivity contribution in [3.63, 3.8) is 0 Å². The Morgan fingerprint density at radius 3 is 2.86 bits per heavy atom. The number of amides is 1. The molecule has 0 radical (unpaired) electrons. The molecule has 1 atom stereocenters. The maximum Gasteiger partial charge on any atom is 0.220 e. The van der Waals surface area contributed by atoms with Gasteiger partial charge in [0.2, 0.25) is 5.91 Å². The molecule has 4 nitrogen and oxygen atoms in total. The second kappa shape index (κ2) is 5.98. The van der Waals surface area contributed by atoms with Crippen LogP contribution in [0.25, 0.3) is 0 Å². The quantitative estimate of drug-likeness (QED) is 0.560. The van der Waals surface area contributed by atoms with Crippen molar-refractivity contribution in [2.45, 2.75) is 32.3 Å². The molecular formula is C10H20N2O2. The molecule has 1 aliphatic rings. The fourth-order valence-electron chi connectivity index (χ4n) is 1.49. The SMILES string of the molecule is CCCC(O)CNC(=O)CC1CNC1. The van der Waals surface area contributed by atoms with Crippen molar-refractivity contribution in [2.75, 3.05) is 19.6 Å². The smallest absolute Gasteiger partial charge is 0.220 e. The third-order valence-electron chi connectivity index (χ3n) is 2.50. The topological polar surface area (TPSA) is 61.4 Å². The predicted molar refractivity (Wildman–Crippen MR) is 54.9 cm³/mol. The Hall–Kier alpha value is -0.610. The molecule has 0 aromatic heterocycles. The van der Waals surface area contributed by atoms with Crippen molar-refractivity contribution in [3.8, 4) is 0 Å². The van der Waals surface area contributed by atoms with E-state index in [1.807, 2.05) is 6.92 Å². The summed E-state index contributed by atoms with van der Waals surface area (Å²) < 4.78 is 0. The van der Waals surface area contributed by atoms with E-state index in [2.05, 4.69) is 10.6 Å². The fourth-order valence-corrected chi connectivity index (χ4v) is 1.49. The Balaban J connectivity index is 2.01. The number of hydrogen-bond acceptors (Lipinski definition) is 3. The minimum Gasteiger partial charge on any atom is -0.391 e. The van der Waals surface area contributed by atoms with E-state index in [0.717, 1.165) is 25.9 Å². The largest absolute Gasteiger partial charge is 0.391 e. The van der Waals surface area contributed by atoms with Gasteiger partial charge < -0.3 is 15.7 Å². The highest BCUT2D eigenvalue weighted by atomic mass is 16.3. The number of carbonyl (C=O) groups is 1. The lowest BCUT2D eigenvalue weighted by molar-refractivity contribution is -0.122. The van der Waals surface area contributed by atoms with E-state index in [1.54, 1.807) is 0 Å². The summed E-state index contributed by atoms with van der Waals surface area (Å²) in [5.41, 5.74) is 0. The van der Waals surface area contributed by atoms with Gasteiger partial charge in [0, 0.05) is 13.0 Å². The van der Waals surface area contributed by atoms with E-state index in [4.69, 9.17) is 0 Å². The maximum atomic E-state index is 11.3. The summed E-state index contributed by atoms with van der Waals surface area (Å²) in [7, 11) is 0. The van der Waals surface area contributed by atoms with Gasteiger partial charge in [-0.15, -0.1) is 0 Å². The van der Waals surface area contributed by atoms with Crippen LogP contribution in [0, 0.1) is 5.92 Å². The molecule has 1 amide bonds. The average molecular weight is 200 g/mol. The molecule has 1 unspecified atom stereocenters. The van der Waals surface area contributed by atoms with Gasteiger partial charge in [-0.3, -0.25) is 4.79 Å². The van der Waals surface area contributed by atoms with Crippen molar-refractivity contribution in [1.29, 1.82) is 0 Å². The number of aliphatic hydroxyl groups excluding tert-OH is 1. The van der Waals surface area contributed by atoms with Crippen LogP contribution in [0.4, 0.5) is 0 Å². The molecule has 1 rings (SSSR count). The number of rotatable bonds is 6. The van der Waals surface area contributed by atoms with Crippen molar-refractivity contribution < 1.29 is 9.90 Å². The molecule has 82 valence electrons. The average Bonchev–Trinajstić information content (AvgIpc) is 2.09. The molecule has 1 heterocycles. The molecule has 1 fully saturated rings. The molecule has 1 saturated heterocycles. The Kier molecular flexibility index (Phi) is 4.90. The lowest BCUT2D eigenvalue weighted by atomic mass is 9.99. The minimum atomic E-state index is -0.386. The molecule has 0 saturated carbocycles. The van der Waals surface area contributed by atoms with Crippen LogP contribution in [0.5, 0.6) is 0 Å². The highest BCUT2D eigenvalue weighted by Crippen LogP contribution is 2.07. The molecule has 0 aliphatic carbocycles. The first-order valence-electron chi connectivity index (χ1n) is 5.37. The summed E-state index contributed by atoms with van der Waals surface area (Å²) in [6, 6.07) is 0. The standard InChI is InChI=1S/C10H20N2O2/c1-2-3-9(13)7-12-10(14)4-8-5-11-6-8/h8-9,11,13H,2-7H2,1H3,(H,12,14). The zero-order valence-electron chi connectivity index (χ0n) is 8.75. The monoisotopic (exact) mass is 200 g/mol. The van der Waals surface area contributed by atoms with E-state index in [9.17, 15) is 9.90 Å². The molecular weight excluding hydrogens is 180 g/mol. The van der Waals surface area contributed by atoms with E-state index >= 15 is 0 Å². The van der Waals surface area contributed by atoms with Gasteiger partial charge in [-0.1, -0.05) is 13.3 Å². The molecule has 0 aromatic carbocycles. The van der Waals surface area contributed by atoms with Crippen molar-refractivity contribution in [3.05, 3.63) is 0 Å². The summed E-state index contributed by atoms with van der Waals surface area (Å²) >= 11 is 0. The zero-order chi connectivity index (χ0) is 10.4. The van der Waals surface area contributed by atoms with Gasteiger partial charge in [0.15, 0.2) is 0 Å². The number of aliphatic hydroxyl groups is 1. The third-order valence-corrected chi connectivity index (χ3v) is 2.50. The molecule has 0 spiro atoms. The van der Waals surface area contributed by atoms with Crippen LogP contribution in [-0.2, 0) is 4.79 Å².